The lowest BCUT2D eigenvalue weighted by atomic mass is 10.3. The normalized spacial score (nSPS) is 13.4. The quantitative estimate of drug-likeness (QED) is 0.865. The molecule has 0 heterocycles. The summed E-state index contributed by atoms with van der Waals surface area (Å²) in [5, 5.41) is 2.78. The van der Waals surface area contributed by atoms with Crippen LogP contribution in [0.2, 0.25) is 5.02 Å². The van der Waals surface area contributed by atoms with Gasteiger partial charge in [-0.05, 0) is 48.1 Å². The predicted molar refractivity (Wildman–Crippen MR) is 75.1 cm³/mol. The van der Waals surface area contributed by atoms with Crippen LogP contribution in [0.25, 0.3) is 0 Å². The van der Waals surface area contributed by atoms with E-state index in [1.165, 1.54) is 0 Å². The molecule has 0 saturated carbocycles. The zero-order valence-corrected chi connectivity index (χ0v) is 12.7. The highest BCUT2D eigenvalue weighted by Crippen LogP contribution is 2.27. The molecular formula is C10H14BrClN2O2S. The van der Waals surface area contributed by atoms with Crippen molar-refractivity contribution in [3.8, 4) is 0 Å². The van der Waals surface area contributed by atoms with Crippen molar-refractivity contribution in [3.05, 3.63) is 27.7 Å². The molecule has 1 aromatic carbocycles. The number of hydrogen-bond donors (Lipinski definition) is 2. The monoisotopic (exact) mass is 340 g/mol. The minimum atomic E-state index is -3.42. The van der Waals surface area contributed by atoms with E-state index in [0.29, 0.717) is 21.7 Å². The third-order valence-corrected chi connectivity index (χ3v) is 4.86. The van der Waals surface area contributed by atoms with Gasteiger partial charge in [-0.1, -0.05) is 11.6 Å². The van der Waals surface area contributed by atoms with Crippen LogP contribution in [0, 0.1) is 0 Å². The van der Waals surface area contributed by atoms with Gasteiger partial charge in [0.2, 0.25) is 10.0 Å². The van der Waals surface area contributed by atoms with Gasteiger partial charge in [-0.2, -0.15) is 0 Å². The SMILES string of the molecule is CNCC(C)S(=O)(=O)Nc1cc(Cl)ccc1Br. The molecule has 0 fully saturated rings. The van der Waals surface area contributed by atoms with E-state index in [-0.39, 0.29) is 0 Å². The summed E-state index contributed by atoms with van der Waals surface area (Å²) in [7, 11) is -1.71. The summed E-state index contributed by atoms with van der Waals surface area (Å²) >= 11 is 9.09. The molecule has 0 aliphatic heterocycles. The maximum Gasteiger partial charge on any atom is 0.236 e. The second-order valence-corrected chi connectivity index (χ2v) is 7.03. The van der Waals surface area contributed by atoms with E-state index in [2.05, 4.69) is 26.0 Å². The summed E-state index contributed by atoms with van der Waals surface area (Å²) in [6.07, 6.45) is 0. The molecule has 1 rings (SSSR count). The van der Waals surface area contributed by atoms with Crippen LogP contribution in [0.15, 0.2) is 22.7 Å². The molecule has 0 aliphatic rings. The lowest BCUT2D eigenvalue weighted by Gasteiger charge is -2.15. The average Bonchev–Trinajstić information content (AvgIpc) is 2.23. The van der Waals surface area contributed by atoms with E-state index in [0.717, 1.165) is 0 Å². The standard InChI is InChI=1S/C10H14BrClN2O2S/c1-7(6-13-2)17(15,16)14-10-5-8(12)3-4-9(10)11/h3-5,7,13-14H,6H2,1-2H3. The first-order valence-electron chi connectivity index (χ1n) is 4.98. The van der Waals surface area contributed by atoms with E-state index in [4.69, 9.17) is 11.6 Å². The summed E-state index contributed by atoms with van der Waals surface area (Å²) in [5.41, 5.74) is 0.445. The van der Waals surface area contributed by atoms with Crippen molar-refractivity contribution < 1.29 is 8.42 Å². The van der Waals surface area contributed by atoms with Gasteiger partial charge in [-0.15, -0.1) is 0 Å². The summed E-state index contributed by atoms with van der Waals surface area (Å²) in [5.74, 6) is 0. The molecule has 0 bridgehead atoms. The molecule has 0 spiro atoms. The van der Waals surface area contributed by atoms with E-state index in [1.807, 2.05) is 0 Å². The zero-order valence-electron chi connectivity index (χ0n) is 9.50. The van der Waals surface area contributed by atoms with Crippen LogP contribution in [0.5, 0.6) is 0 Å². The third-order valence-electron chi connectivity index (χ3n) is 2.20. The summed E-state index contributed by atoms with van der Waals surface area (Å²) in [4.78, 5) is 0. The molecule has 4 nitrogen and oxygen atoms in total. The Morgan fingerprint density at radius 3 is 2.71 bits per heavy atom. The Hall–Kier alpha value is -0.300. The summed E-state index contributed by atoms with van der Waals surface area (Å²) in [6, 6.07) is 4.94. The second-order valence-electron chi connectivity index (χ2n) is 3.64. The molecular weight excluding hydrogens is 328 g/mol. The molecule has 0 amide bonds. The summed E-state index contributed by atoms with van der Waals surface area (Å²) in [6.45, 7) is 2.02. The average molecular weight is 342 g/mol. The van der Waals surface area contributed by atoms with Gasteiger partial charge in [0.05, 0.1) is 10.9 Å². The van der Waals surface area contributed by atoms with Gasteiger partial charge >= 0.3 is 0 Å². The van der Waals surface area contributed by atoms with Crippen LogP contribution in [0.3, 0.4) is 0 Å². The van der Waals surface area contributed by atoms with E-state index >= 15 is 0 Å². The molecule has 1 unspecified atom stereocenters. The zero-order chi connectivity index (χ0) is 13.1. The molecule has 17 heavy (non-hydrogen) atoms. The lowest BCUT2D eigenvalue weighted by Crippen LogP contribution is -2.33. The van der Waals surface area contributed by atoms with E-state index in [1.54, 1.807) is 32.2 Å². The van der Waals surface area contributed by atoms with Gasteiger partial charge in [0.25, 0.3) is 0 Å². The minimum absolute atomic E-state index is 0.382. The molecule has 0 saturated heterocycles. The third kappa shape index (κ3) is 4.13. The van der Waals surface area contributed by atoms with E-state index in [9.17, 15) is 8.42 Å². The number of anilines is 1. The lowest BCUT2D eigenvalue weighted by molar-refractivity contribution is 0.583. The molecule has 0 aromatic heterocycles. The van der Waals surface area contributed by atoms with Crippen molar-refractivity contribution >= 4 is 43.2 Å². The van der Waals surface area contributed by atoms with Crippen molar-refractivity contribution in [3.63, 3.8) is 0 Å². The molecule has 2 N–H and O–H groups in total. The predicted octanol–water partition coefficient (Wildman–Crippen LogP) is 2.45. The fourth-order valence-electron chi connectivity index (χ4n) is 1.23. The molecule has 0 aliphatic carbocycles. The molecule has 7 heteroatoms. The Balaban J connectivity index is 2.94. The molecule has 96 valence electrons. The number of nitrogens with one attached hydrogen (secondary N) is 2. The number of benzene rings is 1. The summed E-state index contributed by atoms with van der Waals surface area (Å²) < 4.78 is 27.0. The highest BCUT2D eigenvalue weighted by Gasteiger charge is 2.20. The minimum Gasteiger partial charge on any atom is -0.318 e. The Morgan fingerprint density at radius 2 is 2.12 bits per heavy atom. The Bertz CT molecular complexity index is 493. The smallest absolute Gasteiger partial charge is 0.236 e. The largest absolute Gasteiger partial charge is 0.318 e. The fraction of sp³-hybridized carbons (Fsp3) is 0.400. The number of rotatable bonds is 5. The van der Waals surface area contributed by atoms with Crippen LogP contribution in [-0.4, -0.2) is 27.3 Å². The highest BCUT2D eigenvalue weighted by molar-refractivity contribution is 9.10. The number of sulfonamides is 1. The van der Waals surface area contributed by atoms with Gasteiger partial charge in [0.1, 0.15) is 0 Å². The van der Waals surface area contributed by atoms with Crippen LogP contribution in [0.4, 0.5) is 5.69 Å². The number of halogens is 2. The van der Waals surface area contributed by atoms with Gasteiger partial charge < -0.3 is 5.32 Å². The van der Waals surface area contributed by atoms with Gasteiger partial charge in [-0.25, -0.2) is 8.42 Å². The first-order valence-corrected chi connectivity index (χ1v) is 7.70. The first-order chi connectivity index (χ1) is 7.86. The Labute approximate surface area is 115 Å². The Kier molecular flexibility index (Phi) is 5.24. The first kappa shape index (κ1) is 14.8. The van der Waals surface area contributed by atoms with Crippen molar-refractivity contribution in [1.29, 1.82) is 0 Å². The van der Waals surface area contributed by atoms with Crippen molar-refractivity contribution in [2.45, 2.75) is 12.2 Å². The highest BCUT2D eigenvalue weighted by atomic mass is 79.9. The molecule has 1 aromatic rings. The molecule has 0 radical (unpaired) electrons. The van der Waals surface area contributed by atoms with E-state index < -0.39 is 15.3 Å². The molecule has 1 atom stereocenters. The number of hydrogen-bond acceptors (Lipinski definition) is 3. The topological polar surface area (TPSA) is 58.2 Å². The maximum absolute atomic E-state index is 11.9. The van der Waals surface area contributed by atoms with Crippen LogP contribution < -0.4 is 10.0 Å². The second kappa shape index (κ2) is 6.04. The van der Waals surface area contributed by atoms with Crippen molar-refractivity contribution in [1.82, 2.24) is 5.32 Å². The van der Waals surface area contributed by atoms with Gasteiger partial charge in [0.15, 0.2) is 0 Å². The Morgan fingerprint density at radius 1 is 1.47 bits per heavy atom. The van der Waals surface area contributed by atoms with Crippen molar-refractivity contribution in [2.24, 2.45) is 0 Å². The van der Waals surface area contributed by atoms with Crippen LogP contribution >= 0.6 is 27.5 Å². The maximum atomic E-state index is 11.9. The fourth-order valence-corrected chi connectivity index (χ4v) is 2.94. The van der Waals surface area contributed by atoms with Crippen LogP contribution in [0.1, 0.15) is 6.92 Å². The van der Waals surface area contributed by atoms with Crippen LogP contribution in [-0.2, 0) is 10.0 Å². The van der Waals surface area contributed by atoms with Gasteiger partial charge in [0, 0.05) is 16.0 Å². The van der Waals surface area contributed by atoms with Gasteiger partial charge in [-0.3, -0.25) is 4.72 Å². The van der Waals surface area contributed by atoms with Crippen molar-refractivity contribution in [2.75, 3.05) is 18.3 Å².